The molecule has 0 saturated heterocycles. The highest BCUT2D eigenvalue weighted by Gasteiger charge is 2.11. The van der Waals surface area contributed by atoms with Crippen LogP contribution in [0.2, 0.25) is 0 Å². The van der Waals surface area contributed by atoms with Gasteiger partial charge >= 0.3 is 0 Å². The van der Waals surface area contributed by atoms with Gasteiger partial charge in [0.25, 0.3) is 0 Å². The molecule has 1 aromatic rings. The summed E-state index contributed by atoms with van der Waals surface area (Å²) in [6.07, 6.45) is 1.88. The number of benzene rings is 1. The van der Waals surface area contributed by atoms with Gasteiger partial charge < -0.3 is 4.72 Å². The van der Waals surface area contributed by atoms with E-state index in [1.807, 2.05) is 30.3 Å². The molecule has 13 heavy (non-hydrogen) atoms. The van der Waals surface area contributed by atoms with Crippen LogP contribution in [0.4, 0.5) is 0 Å². The van der Waals surface area contributed by atoms with E-state index < -0.39 is 0 Å². The molecule has 0 spiro atoms. The number of fused-ring (bicyclic) bond motifs is 1. The van der Waals surface area contributed by atoms with E-state index in [1.165, 1.54) is 11.9 Å². The summed E-state index contributed by atoms with van der Waals surface area (Å²) in [5.74, 6) is 0.0713. The van der Waals surface area contributed by atoms with Gasteiger partial charge in [-0.15, -0.1) is 0 Å². The number of carbonyl (C=O) groups is 1. The van der Waals surface area contributed by atoms with Crippen LogP contribution in [0, 0.1) is 0 Å². The van der Waals surface area contributed by atoms with Crippen LogP contribution in [-0.2, 0) is 4.79 Å². The Kier molecular flexibility index (Phi) is 2.10. The van der Waals surface area contributed by atoms with Crippen molar-refractivity contribution < 1.29 is 4.79 Å². The molecule has 1 aromatic carbocycles. The van der Waals surface area contributed by atoms with Gasteiger partial charge in [0.15, 0.2) is 5.78 Å². The van der Waals surface area contributed by atoms with Crippen molar-refractivity contribution in [2.45, 2.75) is 11.8 Å². The molecule has 2 rings (SSSR count). The van der Waals surface area contributed by atoms with Crippen LogP contribution in [0.5, 0.6) is 0 Å². The lowest BCUT2D eigenvalue weighted by Gasteiger charge is -2.15. The predicted octanol–water partition coefficient (Wildman–Crippen LogP) is 2.23. The zero-order valence-electron chi connectivity index (χ0n) is 7.20. The maximum atomic E-state index is 11.1. The number of ketones is 1. The lowest BCUT2D eigenvalue weighted by atomic mass is 10.1. The topological polar surface area (TPSA) is 29.1 Å². The van der Waals surface area contributed by atoms with E-state index in [-0.39, 0.29) is 5.78 Å². The molecule has 0 aromatic heterocycles. The first-order valence-corrected chi connectivity index (χ1v) is 4.83. The van der Waals surface area contributed by atoms with E-state index in [2.05, 4.69) is 4.72 Å². The molecule has 1 heterocycles. The van der Waals surface area contributed by atoms with Crippen molar-refractivity contribution in [3.63, 3.8) is 0 Å². The highest BCUT2D eigenvalue weighted by molar-refractivity contribution is 7.97. The molecule has 0 unspecified atom stereocenters. The highest BCUT2D eigenvalue weighted by atomic mass is 32.2. The van der Waals surface area contributed by atoms with Crippen LogP contribution in [0.25, 0.3) is 6.08 Å². The molecule has 66 valence electrons. The summed E-state index contributed by atoms with van der Waals surface area (Å²) in [5.41, 5.74) is 1.78. The summed E-state index contributed by atoms with van der Waals surface area (Å²) >= 11 is 1.49. The molecule has 0 atom stereocenters. The normalized spacial score (nSPS) is 14.1. The molecule has 0 fully saturated rings. The van der Waals surface area contributed by atoms with E-state index in [0.29, 0.717) is 5.70 Å². The third-order valence-electron chi connectivity index (χ3n) is 1.87. The van der Waals surface area contributed by atoms with Crippen LogP contribution in [-0.4, -0.2) is 5.78 Å². The fourth-order valence-electron chi connectivity index (χ4n) is 1.16. The Morgan fingerprint density at radius 1 is 1.38 bits per heavy atom. The Hall–Kier alpha value is -1.22. The minimum absolute atomic E-state index is 0.0713. The zero-order chi connectivity index (χ0) is 9.26. The maximum Gasteiger partial charge on any atom is 0.176 e. The molecule has 0 amide bonds. The summed E-state index contributed by atoms with van der Waals surface area (Å²) in [4.78, 5) is 12.2. The van der Waals surface area contributed by atoms with Crippen LogP contribution in [0.15, 0.2) is 34.9 Å². The number of hydrogen-bond acceptors (Lipinski definition) is 3. The minimum Gasteiger partial charge on any atom is -0.323 e. The molecule has 0 radical (unpaired) electrons. The van der Waals surface area contributed by atoms with Gasteiger partial charge in [-0.05, 0) is 29.7 Å². The van der Waals surface area contributed by atoms with E-state index in [0.717, 1.165) is 10.5 Å². The molecule has 2 nitrogen and oxygen atoms in total. The van der Waals surface area contributed by atoms with Crippen LogP contribution >= 0.6 is 11.9 Å². The summed E-state index contributed by atoms with van der Waals surface area (Å²) < 4.78 is 3.00. The average molecular weight is 191 g/mol. The summed E-state index contributed by atoms with van der Waals surface area (Å²) in [5, 5.41) is 0. The number of rotatable bonds is 1. The van der Waals surface area contributed by atoms with E-state index in [9.17, 15) is 4.79 Å². The van der Waals surface area contributed by atoms with Gasteiger partial charge in [-0.3, -0.25) is 4.79 Å². The predicted molar refractivity (Wildman–Crippen MR) is 54.1 cm³/mol. The minimum atomic E-state index is 0.0713. The van der Waals surface area contributed by atoms with E-state index >= 15 is 0 Å². The van der Waals surface area contributed by atoms with Gasteiger partial charge in [-0.1, -0.05) is 18.2 Å². The quantitative estimate of drug-likeness (QED) is 0.690. The van der Waals surface area contributed by atoms with Crippen LogP contribution < -0.4 is 4.72 Å². The summed E-state index contributed by atoms with van der Waals surface area (Å²) in [6.45, 7) is 1.56. The molecule has 1 aliphatic rings. The average Bonchev–Trinajstić information content (AvgIpc) is 2.17. The monoisotopic (exact) mass is 191 g/mol. The Morgan fingerprint density at radius 3 is 2.92 bits per heavy atom. The fourth-order valence-corrected chi connectivity index (χ4v) is 1.98. The van der Waals surface area contributed by atoms with Gasteiger partial charge in [-0.25, -0.2) is 0 Å². The lowest BCUT2D eigenvalue weighted by Crippen LogP contribution is -2.14. The summed E-state index contributed by atoms with van der Waals surface area (Å²) in [6, 6.07) is 7.99. The molecule has 0 bridgehead atoms. The van der Waals surface area contributed by atoms with Gasteiger partial charge in [-0.2, -0.15) is 0 Å². The third-order valence-corrected chi connectivity index (χ3v) is 2.78. The second-order valence-electron chi connectivity index (χ2n) is 2.86. The first kappa shape index (κ1) is 8.38. The molecular formula is C10H9NOS. The van der Waals surface area contributed by atoms with E-state index in [1.54, 1.807) is 6.92 Å². The number of nitrogens with one attached hydrogen (secondary N) is 1. The van der Waals surface area contributed by atoms with Crippen molar-refractivity contribution in [2.24, 2.45) is 0 Å². The Bertz CT molecular complexity index is 384. The Balaban J connectivity index is 2.44. The molecular weight excluding hydrogens is 182 g/mol. The summed E-state index contributed by atoms with van der Waals surface area (Å²) in [7, 11) is 0. The van der Waals surface area contributed by atoms with Crippen molar-refractivity contribution in [2.75, 3.05) is 0 Å². The van der Waals surface area contributed by atoms with Gasteiger partial charge in [0.1, 0.15) is 0 Å². The molecule has 0 aliphatic carbocycles. The molecule has 0 saturated carbocycles. The number of allylic oxidation sites excluding steroid dienone is 1. The Morgan fingerprint density at radius 2 is 2.15 bits per heavy atom. The lowest BCUT2D eigenvalue weighted by molar-refractivity contribution is -0.113. The SMILES string of the molecule is CC(=O)C1=Cc2ccccc2SN1. The van der Waals surface area contributed by atoms with Crippen LogP contribution in [0.3, 0.4) is 0 Å². The van der Waals surface area contributed by atoms with Crippen LogP contribution in [0.1, 0.15) is 12.5 Å². The number of Topliss-reactive ketones (excluding diaryl/α,β-unsaturated/α-hetero) is 1. The number of carbonyl (C=O) groups excluding carboxylic acids is 1. The van der Waals surface area contributed by atoms with Gasteiger partial charge in [0.2, 0.25) is 0 Å². The maximum absolute atomic E-state index is 11.1. The van der Waals surface area contributed by atoms with Crippen molar-refractivity contribution in [3.05, 3.63) is 35.5 Å². The standard InChI is InChI=1S/C10H9NOS/c1-7(12)9-6-8-4-2-3-5-10(8)13-11-9/h2-6,11H,1H3. The highest BCUT2D eigenvalue weighted by Crippen LogP contribution is 2.27. The fraction of sp³-hybridized carbons (Fsp3) is 0.100. The first-order valence-electron chi connectivity index (χ1n) is 4.02. The molecule has 3 heteroatoms. The molecule has 1 aliphatic heterocycles. The first-order chi connectivity index (χ1) is 6.27. The van der Waals surface area contributed by atoms with Crippen molar-refractivity contribution >= 4 is 23.8 Å². The van der Waals surface area contributed by atoms with Gasteiger partial charge in [0.05, 0.1) is 5.70 Å². The largest absolute Gasteiger partial charge is 0.323 e. The second kappa shape index (κ2) is 3.26. The smallest absolute Gasteiger partial charge is 0.176 e. The van der Waals surface area contributed by atoms with Crippen molar-refractivity contribution in [3.8, 4) is 0 Å². The van der Waals surface area contributed by atoms with E-state index in [4.69, 9.17) is 0 Å². The third kappa shape index (κ3) is 1.60. The Labute approximate surface area is 81.2 Å². The molecule has 1 N–H and O–H groups in total. The zero-order valence-corrected chi connectivity index (χ0v) is 8.02. The number of hydrogen-bond donors (Lipinski definition) is 1. The van der Waals surface area contributed by atoms with Crippen molar-refractivity contribution in [1.82, 2.24) is 4.72 Å². The van der Waals surface area contributed by atoms with Gasteiger partial charge in [0, 0.05) is 11.8 Å². The second-order valence-corrected chi connectivity index (χ2v) is 3.70. The van der Waals surface area contributed by atoms with Crippen molar-refractivity contribution in [1.29, 1.82) is 0 Å².